The van der Waals surface area contributed by atoms with Gasteiger partial charge in [0.15, 0.2) is 0 Å². The van der Waals surface area contributed by atoms with Crippen LogP contribution in [-0.2, 0) is 18.3 Å². The zero-order valence-electron chi connectivity index (χ0n) is 12.5. The highest BCUT2D eigenvalue weighted by Crippen LogP contribution is 2.65. The number of fused-ring (bicyclic) bond motifs is 2. The fourth-order valence-corrected chi connectivity index (χ4v) is 5.87. The van der Waals surface area contributed by atoms with Gasteiger partial charge in [0.1, 0.15) is 11.5 Å². The number of phenolic OH excluding ortho intramolecular Hbond substituents is 2. The lowest BCUT2D eigenvalue weighted by Crippen LogP contribution is -2.41. The summed E-state index contributed by atoms with van der Waals surface area (Å²) in [6, 6.07) is 11.9. The standard InChI is InChI=1S/C20H20O2/c21-16-8-1-4-12-10-14-6-3-7-15-11-13-5-2-9-17(22)19(13)20(14,15)18(12)16/h1-2,4-5,8-9,14-15,21-22H,3,6-7,10-11H2/t14-,15-,20?/m1/s1. The molecule has 112 valence electrons. The topological polar surface area (TPSA) is 40.5 Å². The van der Waals surface area contributed by atoms with Gasteiger partial charge in [-0.15, -0.1) is 0 Å². The Hall–Kier alpha value is -1.96. The molecule has 0 unspecified atom stereocenters. The van der Waals surface area contributed by atoms with E-state index in [2.05, 4.69) is 12.1 Å². The summed E-state index contributed by atoms with van der Waals surface area (Å²) >= 11 is 0. The average molecular weight is 292 g/mol. The maximum Gasteiger partial charge on any atom is 0.119 e. The van der Waals surface area contributed by atoms with Crippen molar-refractivity contribution >= 4 is 0 Å². The van der Waals surface area contributed by atoms with Gasteiger partial charge in [0.25, 0.3) is 0 Å². The first-order chi connectivity index (χ1) is 10.7. The molecule has 2 atom stereocenters. The van der Waals surface area contributed by atoms with E-state index in [9.17, 15) is 10.2 Å². The van der Waals surface area contributed by atoms with Crippen LogP contribution in [0, 0.1) is 11.8 Å². The van der Waals surface area contributed by atoms with Gasteiger partial charge in [-0.25, -0.2) is 0 Å². The van der Waals surface area contributed by atoms with Crippen molar-refractivity contribution in [3.05, 3.63) is 58.7 Å². The molecule has 5 rings (SSSR count). The van der Waals surface area contributed by atoms with Gasteiger partial charge in [-0.3, -0.25) is 0 Å². The van der Waals surface area contributed by atoms with E-state index < -0.39 is 0 Å². The van der Waals surface area contributed by atoms with Crippen molar-refractivity contribution in [2.45, 2.75) is 37.5 Å². The van der Waals surface area contributed by atoms with Gasteiger partial charge in [0, 0.05) is 16.5 Å². The summed E-state index contributed by atoms with van der Waals surface area (Å²) in [4.78, 5) is 0. The minimum Gasteiger partial charge on any atom is -0.508 e. The van der Waals surface area contributed by atoms with Crippen molar-refractivity contribution in [2.24, 2.45) is 11.8 Å². The monoisotopic (exact) mass is 292 g/mol. The Morgan fingerprint density at radius 2 is 1.27 bits per heavy atom. The highest BCUT2D eigenvalue weighted by atomic mass is 16.3. The lowest BCUT2D eigenvalue weighted by molar-refractivity contribution is 0.170. The summed E-state index contributed by atoms with van der Waals surface area (Å²) in [6.07, 6.45) is 5.72. The Bertz CT molecular complexity index is 712. The van der Waals surface area contributed by atoms with Crippen LogP contribution in [0.5, 0.6) is 11.5 Å². The molecule has 3 aliphatic carbocycles. The van der Waals surface area contributed by atoms with Crippen LogP contribution in [0.1, 0.15) is 41.5 Å². The van der Waals surface area contributed by atoms with Gasteiger partial charge >= 0.3 is 0 Å². The molecule has 2 heteroatoms. The molecule has 0 aromatic heterocycles. The number of rotatable bonds is 0. The Morgan fingerprint density at radius 3 is 1.77 bits per heavy atom. The summed E-state index contributed by atoms with van der Waals surface area (Å²) in [5.74, 6) is 1.87. The molecule has 1 saturated carbocycles. The number of benzene rings is 2. The third kappa shape index (κ3) is 1.28. The molecule has 0 aliphatic heterocycles. The zero-order valence-corrected chi connectivity index (χ0v) is 12.5. The fourth-order valence-electron chi connectivity index (χ4n) is 5.87. The summed E-state index contributed by atoms with van der Waals surface area (Å²) in [5.41, 5.74) is 4.65. The largest absolute Gasteiger partial charge is 0.508 e. The molecule has 0 heterocycles. The molecule has 0 saturated heterocycles. The lowest BCUT2D eigenvalue weighted by atomic mass is 9.59. The van der Waals surface area contributed by atoms with Crippen LogP contribution >= 0.6 is 0 Å². The number of aromatic hydroxyl groups is 2. The second-order valence-electron chi connectivity index (χ2n) is 7.22. The van der Waals surface area contributed by atoms with Crippen LogP contribution in [0.3, 0.4) is 0 Å². The minimum atomic E-state index is -0.153. The molecule has 1 spiro atoms. The first kappa shape index (κ1) is 12.6. The Balaban J connectivity index is 1.89. The van der Waals surface area contributed by atoms with Crippen LogP contribution in [0.15, 0.2) is 36.4 Å². The third-order valence-electron chi connectivity index (χ3n) is 6.41. The van der Waals surface area contributed by atoms with E-state index >= 15 is 0 Å². The first-order valence-electron chi connectivity index (χ1n) is 8.35. The van der Waals surface area contributed by atoms with Crippen LogP contribution in [0.2, 0.25) is 0 Å². The average Bonchev–Trinajstić information content (AvgIpc) is 3.01. The van der Waals surface area contributed by atoms with Crippen LogP contribution in [0.25, 0.3) is 0 Å². The molecule has 0 bridgehead atoms. The first-order valence-corrected chi connectivity index (χ1v) is 8.35. The van der Waals surface area contributed by atoms with Gasteiger partial charge in [-0.2, -0.15) is 0 Å². The highest BCUT2D eigenvalue weighted by molar-refractivity contribution is 5.64. The number of hydrogen-bond donors (Lipinski definition) is 2. The maximum absolute atomic E-state index is 10.6. The van der Waals surface area contributed by atoms with E-state index in [0.717, 1.165) is 24.0 Å². The van der Waals surface area contributed by atoms with Gasteiger partial charge in [-0.05, 0) is 60.8 Å². The Labute approximate surface area is 130 Å². The molecule has 2 nitrogen and oxygen atoms in total. The van der Waals surface area contributed by atoms with E-state index in [1.165, 1.54) is 30.4 Å². The molecule has 0 amide bonds. The van der Waals surface area contributed by atoms with Crippen LogP contribution in [0.4, 0.5) is 0 Å². The molecule has 3 aliphatic rings. The molecule has 2 N–H and O–H groups in total. The predicted octanol–water partition coefficient (Wildman–Crippen LogP) is 3.91. The van der Waals surface area contributed by atoms with Gasteiger partial charge in [-0.1, -0.05) is 30.7 Å². The predicted molar refractivity (Wildman–Crippen MR) is 85.2 cm³/mol. The van der Waals surface area contributed by atoms with E-state index in [4.69, 9.17) is 0 Å². The smallest absolute Gasteiger partial charge is 0.119 e. The summed E-state index contributed by atoms with van der Waals surface area (Å²) < 4.78 is 0. The summed E-state index contributed by atoms with van der Waals surface area (Å²) in [7, 11) is 0. The van der Waals surface area contributed by atoms with E-state index in [0.29, 0.717) is 23.3 Å². The van der Waals surface area contributed by atoms with Gasteiger partial charge in [0.05, 0.1) is 0 Å². The second-order valence-corrected chi connectivity index (χ2v) is 7.22. The van der Waals surface area contributed by atoms with E-state index in [1.54, 1.807) is 0 Å². The minimum absolute atomic E-state index is 0.153. The normalized spacial score (nSPS) is 31.3. The summed E-state index contributed by atoms with van der Waals surface area (Å²) in [5, 5.41) is 21.3. The van der Waals surface area contributed by atoms with Crippen molar-refractivity contribution in [2.75, 3.05) is 0 Å². The van der Waals surface area contributed by atoms with Gasteiger partial charge in [0.2, 0.25) is 0 Å². The molecule has 2 aromatic carbocycles. The van der Waals surface area contributed by atoms with E-state index in [1.807, 2.05) is 24.3 Å². The SMILES string of the molecule is Oc1cccc2c1C13c4c(O)cccc4C[C@H]1CCC[C@@H]3C2. The van der Waals surface area contributed by atoms with Crippen LogP contribution in [-0.4, -0.2) is 10.2 Å². The molecular formula is C20H20O2. The van der Waals surface area contributed by atoms with Crippen LogP contribution < -0.4 is 0 Å². The van der Waals surface area contributed by atoms with Gasteiger partial charge < -0.3 is 10.2 Å². The molecule has 0 radical (unpaired) electrons. The molecule has 1 fully saturated rings. The zero-order chi connectivity index (χ0) is 14.9. The lowest BCUT2D eigenvalue weighted by Gasteiger charge is -2.43. The van der Waals surface area contributed by atoms with E-state index in [-0.39, 0.29) is 5.41 Å². The maximum atomic E-state index is 10.6. The summed E-state index contributed by atoms with van der Waals surface area (Å²) in [6.45, 7) is 0. The van der Waals surface area contributed by atoms with Crippen molar-refractivity contribution in [1.82, 2.24) is 0 Å². The fraction of sp³-hybridized carbons (Fsp3) is 0.400. The number of phenols is 2. The molecular weight excluding hydrogens is 272 g/mol. The second kappa shape index (κ2) is 4.07. The van der Waals surface area contributed by atoms with Crippen molar-refractivity contribution in [3.63, 3.8) is 0 Å². The molecule has 2 aromatic rings. The van der Waals surface area contributed by atoms with Crippen molar-refractivity contribution in [3.8, 4) is 11.5 Å². The number of hydrogen-bond acceptors (Lipinski definition) is 2. The Kier molecular flexibility index (Phi) is 2.32. The third-order valence-corrected chi connectivity index (χ3v) is 6.41. The highest BCUT2D eigenvalue weighted by Gasteiger charge is 2.60. The van der Waals surface area contributed by atoms with Crippen molar-refractivity contribution < 1.29 is 10.2 Å². The molecule has 22 heavy (non-hydrogen) atoms. The quantitative estimate of drug-likeness (QED) is 0.773. The Morgan fingerprint density at radius 1 is 0.773 bits per heavy atom. The van der Waals surface area contributed by atoms with Crippen molar-refractivity contribution in [1.29, 1.82) is 0 Å².